The summed E-state index contributed by atoms with van der Waals surface area (Å²) in [5.41, 5.74) is 1.24. The minimum absolute atomic E-state index is 0.114. The van der Waals surface area contributed by atoms with E-state index in [0.29, 0.717) is 28.5 Å². The maximum Gasteiger partial charge on any atom is 0.335 e. The molecule has 1 N–H and O–H groups in total. The molecule has 0 unspecified atom stereocenters. The highest BCUT2D eigenvalue weighted by Gasteiger charge is 2.14. The molecule has 1 aromatic carbocycles. The zero-order valence-electron chi connectivity index (χ0n) is 11.5. The summed E-state index contributed by atoms with van der Waals surface area (Å²) in [5, 5.41) is 13.7. The third kappa shape index (κ3) is 2.60. The summed E-state index contributed by atoms with van der Waals surface area (Å²) >= 11 is 0. The van der Waals surface area contributed by atoms with Gasteiger partial charge in [0.15, 0.2) is 0 Å². The third-order valence-corrected chi connectivity index (χ3v) is 3.02. The molecule has 2 heterocycles. The van der Waals surface area contributed by atoms with Crippen LogP contribution >= 0.6 is 0 Å². The number of nitrogens with zero attached hydrogens (tertiary/aromatic N) is 1. The number of hydrogen-bond acceptors (Lipinski definition) is 5. The Morgan fingerprint density at radius 3 is 2.71 bits per heavy atom. The number of aromatic nitrogens is 1. The predicted molar refractivity (Wildman–Crippen MR) is 73.5 cm³/mol. The Bertz CT molecular complexity index is 815. The number of furan rings is 1. The molecule has 3 aromatic rings. The Hall–Kier alpha value is -2.76. The Morgan fingerprint density at radius 2 is 2.05 bits per heavy atom. The third-order valence-electron chi connectivity index (χ3n) is 3.02. The summed E-state index contributed by atoms with van der Waals surface area (Å²) in [5.74, 6) is 0.794. The molecule has 6 nitrogen and oxygen atoms in total. The summed E-state index contributed by atoms with van der Waals surface area (Å²) in [6, 6.07) is 6.54. The van der Waals surface area contributed by atoms with Crippen LogP contribution in [0.3, 0.4) is 0 Å². The van der Waals surface area contributed by atoms with Gasteiger partial charge in [0.25, 0.3) is 0 Å². The number of carbonyl (C=O) groups is 1. The molecular weight excluding hydrogens is 274 g/mol. The number of benzene rings is 1. The zero-order chi connectivity index (χ0) is 15.0. The molecule has 0 saturated heterocycles. The molecule has 3 rings (SSSR count). The highest BCUT2D eigenvalue weighted by molar-refractivity contribution is 5.95. The second-order valence-electron chi connectivity index (χ2n) is 4.77. The highest BCUT2D eigenvalue weighted by Crippen LogP contribution is 2.31. The van der Waals surface area contributed by atoms with Gasteiger partial charge in [-0.25, -0.2) is 4.79 Å². The average molecular weight is 287 g/mol. The second-order valence-corrected chi connectivity index (χ2v) is 4.77. The summed E-state index contributed by atoms with van der Waals surface area (Å²) in [4.78, 5) is 11.2. The van der Waals surface area contributed by atoms with Crippen molar-refractivity contribution in [1.82, 2.24) is 5.16 Å². The Kier molecular flexibility index (Phi) is 3.13. The van der Waals surface area contributed by atoms with Gasteiger partial charge in [-0.05, 0) is 32.0 Å². The molecule has 0 bridgehead atoms. The Balaban J connectivity index is 1.97. The molecule has 2 aromatic heterocycles. The molecule has 108 valence electrons. The quantitative estimate of drug-likeness (QED) is 0.792. The van der Waals surface area contributed by atoms with E-state index >= 15 is 0 Å². The number of fused-ring (bicyclic) bond motifs is 1. The van der Waals surface area contributed by atoms with Gasteiger partial charge in [0.1, 0.15) is 35.2 Å². The molecule has 0 aliphatic heterocycles. The number of carboxylic acids is 1. The van der Waals surface area contributed by atoms with Crippen molar-refractivity contribution in [3.63, 3.8) is 0 Å². The number of hydrogen-bond donors (Lipinski definition) is 1. The van der Waals surface area contributed by atoms with Gasteiger partial charge in [-0.2, -0.15) is 0 Å². The van der Waals surface area contributed by atoms with Crippen LogP contribution in [0.5, 0.6) is 5.75 Å². The van der Waals surface area contributed by atoms with Crippen LogP contribution in [0.15, 0.2) is 33.2 Å². The highest BCUT2D eigenvalue weighted by atomic mass is 16.5. The zero-order valence-corrected chi connectivity index (χ0v) is 11.5. The molecule has 0 amide bonds. The van der Waals surface area contributed by atoms with Crippen LogP contribution in [0.4, 0.5) is 0 Å². The van der Waals surface area contributed by atoms with Crippen LogP contribution in [-0.4, -0.2) is 16.2 Å². The van der Waals surface area contributed by atoms with Gasteiger partial charge in [0.05, 0.1) is 10.9 Å². The topological polar surface area (TPSA) is 85.7 Å². The maximum atomic E-state index is 11.2. The Labute approximate surface area is 119 Å². The first-order chi connectivity index (χ1) is 10.0. The first-order valence-electron chi connectivity index (χ1n) is 6.35. The van der Waals surface area contributed by atoms with Gasteiger partial charge < -0.3 is 18.8 Å². The molecule has 0 fully saturated rings. The largest absolute Gasteiger partial charge is 0.486 e. The lowest BCUT2D eigenvalue weighted by molar-refractivity contribution is 0.0696. The Morgan fingerprint density at radius 1 is 1.24 bits per heavy atom. The molecular formula is C15H13NO5. The van der Waals surface area contributed by atoms with E-state index in [4.69, 9.17) is 18.8 Å². The van der Waals surface area contributed by atoms with Gasteiger partial charge in [-0.15, -0.1) is 0 Å². The van der Waals surface area contributed by atoms with E-state index in [0.717, 1.165) is 5.39 Å². The van der Waals surface area contributed by atoms with Crippen molar-refractivity contribution in [2.75, 3.05) is 0 Å². The smallest absolute Gasteiger partial charge is 0.335 e. The molecule has 21 heavy (non-hydrogen) atoms. The number of aryl methyl sites for hydroxylation is 2. The lowest BCUT2D eigenvalue weighted by Gasteiger charge is -2.06. The van der Waals surface area contributed by atoms with Crippen LogP contribution in [0.25, 0.3) is 11.0 Å². The number of carboxylic acid groups (broad SMARTS) is 1. The first-order valence-corrected chi connectivity index (χ1v) is 6.35. The van der Waals surface area contributed by atoms with Crippen molar-refractivity contribution < 1.29 is 23.6 Å². The number of rotatable bonds is 4. The van der Waals surface area contributed by atoms with Crippen molar-refractivity contribution in [1.29, 1.82) is 0 Å². The minimum Gasteiger partial charge on any atom is -0.486 e. The van der Waals surface area contributed by atoms with E-state index in [1.165, 1.54) is 12.1 Å². The van der Waals surface area contributed by atoms with E-state index in [-0.39, 0.29) is 12.2 Å². The first kappa shape index (κ1) is 13.2. The van der Waals surface area contributed by atoms with Crippen molar-refractivity contribution in [2.45, 2.75) is 20.5 Å². The molecule has 6 heteroatoms. The van der Waals surface area contributed by atoms with Crippen molar-refractivity contribution in [2.24, 2.45) is 0 Å². The molecule has 0 atom stereocenters. The van der Waals surface area contributed by atoms with Gasteiger partial charge in [-0.3, -0.25) is 0 Å². The summed E-state index contributed by atoms with van der Waals surface area (Å²) in [7, 11) is 0. The van der Waals surface area contributed by atoms with Gasteiger partial charge in [0.2, 0.25) is 0 Å². The standard InChI is InChI=1S/C15H13NO5/c1-8-4-12-13(19-7-11-3-9(2)21-16-11)5-10(15(17)18)6-14(12)20-8/h3-6H,7H2,1-2H3,(H,17,18). The van der Waals surface area contributed by atoms with E-state index in [2.05, 4.69) is 5.16 Å². The molecule has 0 aliphatic rings. The number of aromatic carboxylic acids is 1. The van der Waals surface area contributed by atoms with Gasteiger partial charge >= 0.3 is 5.97 Å². The van der Waals surface area contributed by atoms with E-state index < -0.39 is 5.97 Å². The van der Waals surface area contributed by atoms with E-state index in [9.17, 15) is 4.79 Å². The van der Waals surface area contributed by atoms with Crippen LogP contribution in [0, 0.1) is 13.8 Å². The van der Waals surface area contributed by atoms with Crippen molar-refractivity contribution >= 4 is 16.9 Å². The maximum absolute atomic E-state index is 11.2. The average Bonchev–Trinajstić information content (AvgIpc) is 3.00. The summed E-state index contributed by atoms with van der Waals surface area (Å²) in [6.45, 7) is 3.78. The summed E-state index contributed by atoms with van der Waals surface area (Å²) < 4.78 is 16.1. The SMILES string of the molecule is Cc1cc(COc2cc(C(=O)O)cc3oc(C)cc23)no1. The second kappa shape index (κ2) is 4.97. The molecule has 0 radical (unpaired) electrons. The van der Waals surface area contributed by atoms with Crippen molar-refractivity contribution in [3.05, 3.63) is 47.0 Å². The van der Waals surface area contributed by atoms with E-state index in [1.807, 2.05) is 6.07 Å². The van der Waals surface area contributed by atoms with Crippen LogP contribution < -0.4 is 4.74 Å². The van der Waals surface area contributed by atoms with Gasteiger partial charge in [0, 0.05) is 6.07 Å². The van der Waals surface area contributed by atoms with Gasteiger partial charge in [-0.1, -0.05) is 5.16 Å². The molecule has 0 aliphatic carbocycles. The lowest BCUT2D eigenvalue weighted by Crippen LogP contribution is -2.00. The van der Waals surface area contributed by atoms with Crippen molar-refractivity contribution in [3.8, 4) is 5.75 Å². The minimum atomic E-state index is -1.03. The molecule has 0 spiro atoms. The van der Waals surface area contributed by atoms with E-state index in [1.54, 1.807) is 19.9 Å². The fourth-order valence-corrected chi connectivity index (χ4v) is 2.11. The fraction of sp³-hybridized carbons (Fsp3) is 0.200. The van der Waals surface area contributed by atoms with Crippen LogP contribution in [-0.2, 0) is 6.61 Å². The number of ether oxygens (including phenoxy) is 1. The normalized spacial score (nSPS) is 11.0. The molecule has 0 saturated carbocycles. The lowest BCUT2D eigenvalue weighted by atomic mass is 10.1. The fourth-order valence-electron chi connectivity index (χ4n) is 2.11. The summed E-state index contributed by atoms with van der Waals surface area (Å²) in [6.07, 6.45) is 0. The van der Waals surface area contributed by atoms with Crippen LogP contribution in [0.1, 0.15) is 27.6 Å². The van der Waals surface area contributed by atoms with Crippen LogP contribution in [0.2, 0.25) is 0 Å². The predicted octanol–water partition coefficient (Wildman–Crippen LogP) is 3.31. The monoisotopic (exact) mass is 287 g/mol.